The second-order valence-electron chi connectivity index (χ2n) is 6.92. The van der Waals surface area contributed by atoms with Crippen molar-refractivity contribution in [3.63, 3.8) is 0 Å². The topological polar surface area (TPSA) is 102 Å². The second-order valence-corrected chi connectivity index (χ2v) is 6.92. The summed E-state index contributed by atoms with van der Waals surface area (Å²) in [7, 11) is 0. The standard InChI is InChI=1S/C21H22FN3O5/c1-2-30-21(27)17-10-16(25(28)29)11-18(22)20(17)23-12-14-5-7-15(8-6-14)13-24-9-3-4-19(24)26/h5-8,10-11,23H,2-4,9,12-13H2,1H3. The molecule has 1 amide bonds. The van der Waals surface area contributed by atoms with Crippen LogP contribution in [-0.4, -0.2) is 34.9 Å². The van der Waals surface area contributed by atoms with E-state index in [0.29, 0.717) is 13.0 Å². The number of ether oxygens (including phenoxy) is 1. The molecule has 1 N–H and O–H groups in total. The lowest BCUT2D eigenvalue weighted by molar-refractivity contribution is -0.385. The van der Waals surface area contributed by atoms with Crippen molar-refractivity contribution in [2.24, 2.45) is 0 Å². The van der Waals surface area contributed by atoms with Gasteiger partial charge in [-0.15, -0.1) is 0 Å². The molecule has 1 heterocycles. The first-order chi connectivity index (χ1) is 14.4. The van der Waals surface area contributed by atoms with Crippen LogP contribution in [0.15, 0.2) is 36.4 Å². The first-order valence-corrected chi connectivity index (χ1v) is 9.63. The van der Waals surface area contributed by atoms with E-state index in [1.54, 1.807) is 6.92 Å². The third kappa shape index (κ3) is 4.91. The van der Waals surface area contributed by atoms with Crippen molar-refractivity contribution in [2.75, 3.05) is 18.5 Å². The molecule has 30 heavy (non-hydrogen) atoms. The summed E-state index contributed by atoms with van der Waals surface area (Å²) in [6.07, 6.45) is 1.47. The predicted octanol–water partition coefficient (Wildman–Crippen LogP) is 3.65. The Kier molecular flexibility index (Phi) is 6.61. The van der Waals surface area contributed by atoms with Gasteiger partial charge in [0, 0.05) is 32.1 Å². The number of halogens is 1. The normalized spacial score (nSPS) is 13.4. The van der Waals surface area contributed by atoms with Gasteiger partial charge in [-0.25, -0.2) is 9.18 Å². The van der Waals surface area contributed by atoms with Gasteiger partial charge in [-0.3, -0.25) is 14.9 Å². The number of hydrogen-bond acceptors (Lipinski definition) is 6. The van der Waals surface area contributed by atoms with Crippen LogP contribution in [-0.2, 0) is 22.6 Å². The number of nitrogens with one attached hydrogen (secondary N) is 1. The highest BCUT2D eigenvalue weighted by Gasteiger charge is 2.23. The minimum absolute atomic E-state index is 0.0591. The number of anilines is 1. The molecule has 0 radical (unpaired) electrons. The molecule has 0 spiro atoms. The van der Waals surface area contributed by atoms with Crippen LogP contribution in [0, 0.1) is 15.9 Å². The molecule has 1 saturated heterocycles. The van der Waals surface area contributed by atoms with Gasteiger partial charge >= 0.3 is 5.97 Å². The van der Waals surface area contributed by atoms with Crippen LogP contribution in [0.3, 0.4) is 0 Å². The van der Waals surface area contributed by atoms with Gasteiger partial charge in [-0.2, -0.15) is 0 Å². The van der Waals surface area contributed by atoms with E-state index < -0.39 is 22.4 Å². The zero-order valence-electron chi connectivity index (χ0n) is 16.5. The Morgan fingerprint density at radius 3 is 2.57 bits per heavy atom. The van der Waals surface area contributed by atoms with Crippen LogP contribution >= 0.6 is 0 Å². The number of nitrogens with zero attached hydrogens (tertiary/aromatic N) is 2. The molecular formula is C21H22FN3O5. The van der Waals surface area contributed by atoms with Gasteiger partial charge in [0.2, 0.25) is 5.91 Å². The molecule has 0 atom stereocenters. The molecule has 1 aliphatic heterocycles. The summed E-state index contributed by atoms with van der Waals surface area (Å²) in [4.78, 5) is 35.9. The fraction of sp³-hybridized carbons (Fsp3) is 0.333. The van der Waals surface area contributed by atoms with Crippen LogP contribution in [0.4, 0.5) is 15.8 Å². The van der Waals surface area contributed by atoms with Gasteiger partial charge in [0.25, 0.3) is 5.69 Å². The van der Waals surface area contributed by atoms with Gasteiger partial charge in [-0.05, 0) is 24.5 Å². The van der Waals surface area contributed by atoms with E-state index in [1.165, 1.54) is 0 Å². The molecule has 0 saturated carbocycles. The lowest BCUT2D eigenvalue weighted by atomic mass is 10.1. The van der Waals surface area contributed by atoms with Gasteiger partial charge < -0.3 is 15.0 Å². The Morgan fingerprint density at radius 1 is 1.27 bits per heavy atom. The van der Waals surface area contributed by atoms with E-state index in [-0.39, 0.29) is 30.3 Å². The highest BCUT2D eigenvalue weighted by molar-refractivity contribution is 5.96. The highest BCUT2D eigenvalue weighted by Crippen LogP contribution is 2.27. The fourth-order valence-corrected chi connectivity index (χ4v) is 3.29. The molecular weight excluding hydrogens is 393 g/mol. The predicted molar refractivity (Wildman–Crippen MR) is 107 cm³/mol. The molecule has 9 heteroatoms. The first kappa shape index (κ1) is 21.2. The monoisotopic (exact) mass is 415 g/mol. The van der Waals surface area contributed by atoms with Gasteiger partial charge in [-0.1, -0.05) is 24.3 Å². The number of amides is 1. The number of carbonyl (C=O) groups is 2. The number of non-ortho nitro benzene ring substituents is 1. The zero-order chi connectivity index (χ0) is 21.7. The van der Waals surface area contributed by atoms with Crippen molar-refractivity contribution >= 4 is 23.3 Å². The van der Waals surface area contributed by atoms with Crippen LogP contribution in [0.5, 0.6) is 0 Å². The summed E-state index contributed by atoms with van der Waals surface area (Å²) < 4.78 is 19.4. The first-order valence-electron chi connectivity index (χ1n) is 9.63. The number of hydrogen-bond donors (Lipinski definition) is 1. The second kappa shape index (κ2) is 9.34. The molecule has 3 rings (SSSR count). The van der Waals surface area contributed by atoms with Gasteiger partial charge in [0.05, 0.1) is 28.8 Å². The molecule has 0 aromatic heterocycles. The van der Waals surface area contributed by atoms with E-state index in [9.17, 15) is 24.1 Å². The summed E-state index contributed by atoms with van der Waals surface area (Å²) in [6.45, 7) is 3.17. The highest BCUT2D eigenvalue weighted by atomic mass is 19.1. The van der Waals surface area contributed by atoms with Crippen LogP contribution in [0.1, 0.15) is 41.3 Å². The van der Waals surface area contributed by atoms with Crippen LogP contribution in [0.25, 0.3) is 0 Å². The van der Waals surface area contributed by atoms with Crippen molar-refractivity contribution < 1.29 is 23.6 Å². The van der Waals surface area contributed by atoms with Crippen molar-refractivity contribution in [3.8, 4) is 0 Å². The van der Waals surface area contributed by atoms with Crippen molar-refractivity contribution in [1.82, 2.24) is 4.90 Å². The maximum atomic E-state index is 14.5. The number of rotatable bonds is 8. The quantitative estimate of drug-likeness (QED) is 0.401. The summed E-state index contributed by atoms with van der Waals surface area (Å²) >= 11 is 0. The Morgan fingerprint density at radius 2 is 1.97 bits per heavy atom. The maximum absolute atomic E-state index is 14.5. The number of benzene rings is 2. The SMILES string of the molecule is CCOC(=O)c1cc([N+](=O)[O-])cc(F)c1NCc1ccc(CN2CCCC2=O)cc1. The summed E-state index contributed by atoms with van der Waals surface area (Å²) in [5.41, 5.74) is 0.905. The average Bonchev–Trinajstić information content (AvgIpc) is 3.12. The third-order valence-corrected chi connectivity index (χ3v) is 4.82. The summed E-state index contributed by atoms with van der Waals surface area (Å²) in [5.74, 6) is -1.59. The Balaban J connectivity index is 1.73. The van der Waals surface area contributed by atoms with Crippen molar-refractivity contribution in [1.29, 1.82) is 0 Å². The van der Waals surface area contributed by atoms with Crippen LogP contribution in [0.2, 0.25) is 0 Å². The number of nitro benzene ring substituents is 1. The summed E-state index contributed by atoms with van der Waals surface area (Å²) in [5, 5.41) is 13.8. The molecule has 2 aromatic rings. The molecule has 8 nitrogen and oxygen atoms in total. The zero-order valence-corrected chi connectivity index (χ0v) is 16.5. The number of likely N-dealkylation sites (tertiary alicyclic amines) is 1. The maximum Gasteiger partial charge on any atom is 0.340 e. The lowest BCUT2D eigenvalue weighted by Crippen LogP contribution is -2.23. The Bertz CT molecular complexity index is 962. The van der Waals surface area contributed by atoms with E-state index in [2.05, 4.69) is 5.32 Å². The third-order valence-electron chi connectivity index (χ3n) is 4.82. The van der Waals surface area contributed by atoms with E-state index >= 15 is 0 Å². The lowest BCUT2D eigenvalue weighted by Gasteiger charge is -2.16. The van der Waals surface area contributed by atoms with Gasteiger partial charge in [0.1, 0.15) is 0 Å². The largest absolute Gasteiger partial charge is 0.462 e. The van der Waals surface area contributed by atoms with Gasteiger partial charge in [0.15, 0.2) is 5.82 Å². The molecule has 158 valence electrons. The number of esters is 1. The molecule has 0 aliphatic carbocycles. The molecule has 0 bridgehead atoms. The van der Waals surface area contributed by atoms with Crippen molar-refractivity contribution in [3.05, 3.63) is 69.0 Å². The molecule has 1 fully saturated rings. The minimum Gasteiger partial charge on any atom is -0.462 e. The molecule has 1 aliphatic rings. The summed E-state index contributed by atoms with van der Waals surface area (Å²) in [6, 6.07) is 9.23. The minimum atomic E-state index is -0.906. The average molecular weight is 415 g/mol. The molecule has 2 aromatic carbocycles. The Labute approximate surface area is 172 Å². The van der Waals surface area contributed by atoms with E-state index in [1.807, 2.05) is 29.2 Å². The molecule has 0 unspecified atom stereocenters. The number of carbonyl (C=O) groups excluding carboxylic acids is 2. The smallest absolute Gasteiger partial charge is 0.340 e. The number of nitro groups is 1. The van der Waals surface area contributed by atoms with E-state index in [4.69, 9.17) is 4.74 Å². The fourth-order valence-electron chi connectivity index (χ4n) is 3.29. The van der Waals surface area contributed by atoms with Crippen molar-refractivity contribution in [2.45, 2.75) is 32.9 Å². The van der Waals surface area contributed by atoms with E-state index in [0.717, 1.165) is 36.2 Å². The van der Waals surface area contributed by atoms with Crippen LogP contribution < -0.4 is 5.32 Å². The Hall–Kier alpha value is -3.49.